The van der Waals surface area contributed by atoms with Gasteiger partial charge < -0.3 is 5.32 Å². The molecule has 1 N–H and O–H groups in total. The summed E-state index contributed by atoms with van der Waals surface area (Å²) in [5, 5.41) is 13.7. The van der Waals surface area contributed by atoms with Gasteiger partial charge in [-0.2, -0.15) is 0 Å². The first-order valence-corrected chi connectivity index (χ1v) is 6.76. The third kappa shape index (κ3) is 3.56. The number of nitro groups is 1. The number of carbonyl (C=O) groups is 1. The number of benzene rings is 2. The van der Waals surface area contributed by atoms with Crippen molar-refractivity contribution in [1.29, 1.82) is 0 Å². The maximum atomic E-state index is 13.0. The molecule has 0 atom stereocenters. The molecule has 0 aliphatic heterocycles. The lowest BCUT2D eigenvalue weighted by atomic mass is 10.2. The summed E-state index contributed by atoms with van der Waals surface area (Å²) in [4.78, 5) is 22.1. The van der Waals surface area contributed by atoms with Crippen LogP contribution >= 0.6 is 27.5 Å². The zero-order valence-electron chi connectivity index (χ0n) is 10.3. The molecule has 0 aliphatic rings. The minimum Gasteiger partial charge on any atom is -0.316 e. The van der Waals surface area contributed by atoms with Crippen LogP contribution in [-0.2, 0) is 0 Å². The summed E-state index contributed by atoms with van der Waals surface area (Å²) >= 11 is 9.00. The molecule has 0 aliphatic carbocycles. The highest BCUT2D eigenvalue weighted by molar-refractivity contribution is 9.10. The van der Waals surface area contributed by atoms with E-state index in [1.165, 1.54) is 18.2 Å². The van der Waals surface area contributed by atoms with Crippen molar-refractivity contribution in [2.75, 3.05) is 5.32 Å². The van der Waals surface area contributed by atoms with Gasteiger partial charge in [0.15, 0.2) is 0 Å². The van der Waals surface area contributed by atoms with Gasteiger partial charge in [-0.05, 0) is 46.3 Å². The second-order valence-electron chi connectivity index (χ2n) is 4.00. The summed E-state index contributed by atoms with van der Waals surface area (Å²) in [6.07, 6.45) is 0. The Morgan fingerprint density at radius 1 is 1.29 bits per heavy atom. The lowest BCUT2D eigenvalue weighted by Gasteiger charge is -2.07. The molecule has 21 heavy (non-hydrogen) atoms. The largest absolute Gasteiger partial charge is 0.316 e. The fourth-order valence-electron chi connectivity index (χ4n) is 1.59. The van der Waals surface area contributed by atoms with E-state index in [1.807, 2.05) is 0 Å². The number of rotatable bonds is 3. The van der Waals surface area contributed by atoms with Gasteiger partial charge >= 0.3 is 0 Å². The van der Waals surface area contributed by atoms with Crippen LogP contribution in [0.1, 0.15) is 10.4 Å². The smallest absolute Gasteiger partial charge is 0.295 e. The van der Waals surface area contributed by atoms with E-state index in [1.54, 1.807) is 0 Å². The van der Waals surface area contributed by atoms with Crippen LogP contribution in [0.25, 0.3) is 0 Å². The van der Waals surface area contributed by atoms with Crippen molar-refractivity contribution in [1.82, 2.24) is 0 Å². The van der Waals surface area contributed by atoms with Gasteiger partial charge in [0.2, 0.25) is 0 Å². The van der Waals surface area contributed by atoms with Crippen molar-refractivity contribution in [3.63, 3.8) is 0 Å². The highest BCUT2D eigenvalue weighted by Crippen LogP contribution is 2.27. The molecule has 0 heterocycles. The first kappa shape index (κ1) is 15.4. The highest BCUT2D eigenvalue weighted by Gasteiger charge is 2.18. The van der Waals surface area contributed by atoms with E-state index in [0.717, 1.165) is 18.2 Å². The van der Waals surface area contributed by atoms with E-state index in [9.17, 15) is 19.3 Å². The Morgan fingerprint density at radius 3 is 2.62 bits per heavy atom. The van der Waals surface area contributed by atoms with Crippen LogP contribution in [0, 0.1) is 15.9 Å². The second kappa shape index (κ2) is 6.19. The maximum absolute atomic E-state index is 13.0. The Morgan fingerprint density at radius 2 is 2.00 bits per heavy atom. The molecule has 0 radical (unpaired) electrons. The average molecular weight is 374 g/mol. The number of carbonyl (C=O) groups excluding carboxylic acids is 1. The normalized spacial score (nSPS) is 10.2. The molecule has 2 aromatic carbocycles. The maximum Gasteiger partial charge on any atom is 0.295 e. The lowest BCUT2D eigenvalue weighted by Crippen LogP contribution is -2.13. The van der Waals surface area contributed by atoms with Crippen molar-refractivity contribution >= 4 is 44.8 Å². The molecule has 5 nitrogen and oxygen atoms in total. The molecular formula is C13H7BrClFN2O3. The zero-order chi connectivity index (χ0) is 15.6. The summed E-state index contributed by atoms with van der Waals surface area (Å²) in [5.74, 6) is -1.32. The van der Waals surface area contributed by atoms with Crippen molar-refractivity contribution in [3.8, 4) is 0 Å². The number of halogens is 3. The van der Waals surface area contributed by atoms with Crippen molar-refractivity contribution in [2.24, 2.45) is 0 Å². The summed E-state index contributed by atoms with van der Waals surface area (Å²) in [7, 11) is 0. The fraction of sp³-hybridized carbons (Fsp3) is 0. The Bertz CT molecular complexity index is 739. The second-order valence-corrected chi connectivity index (χ2v) is 5.26. The molecule has 108 valence electrons. The van der Waals surface area contributed by atoms with Crippen LogP contribution in [0.4, 0.5) is 15.8 Å². The van der Waals surface area contributed by atoms with Gasteiger partial charge in [-0.15, -0.1) is 0 Å². The van der Waals surface area contributed by atoms with Crippen LogP contribution in [0.5, 0.6) is 0 Å². The van der Waals surface area contributed by atoms with Crippen molar-refractivity contribution in [2.45, 2.75) is 0 Å². The molecule has 0 saturated carbocycles. The fourth-order valence-corrected chi connectivity index (χ4v) is 2.09. The standard InChI is InChI=1S/C13H7BrClFN2O3/c14-9-5-7(1-3-10(9)15)13(19)17-11-4-2-8(16)6-12(11)18(20)21/h1-6H,(H,17,19). The van der Waals surface area contributed by atoms with Crippen LogP contribution in [0.2, 0.25) is 5.02 Å². The molecular weight excluding hydrogens is 367 g/mol. The molecule has 0 fully saturated rings. The molecule has 0 bridgehead atoms. The van der Waals surface area contributed by atoms with Crippen molar-refractivity contribution < 1.29 is 14.1 Å². The number of anilines is 1. The first-order valence-electron chi connectivity index (χ1n) is 5.59. The Labute approximate surface area is 132 Å². The van der Waals surface area contributed by atoms with E-state index < -0.39 is 22.3 Å². The monoisotopic (exact) mass is 372 g/mol. The minimum absolute atomic E-state index is 0.0857. The quantitative estimate of drug-likeness (QED) is 0.640. The summed E-state index contributed by atoms with van der Waals surface area (Å²) in [5.41, 5.74) is -0.348. The SMILES string of the molecule is O=C(Nc1ccc(F)cc1[N+](=O)[O-])c1ccc(Cl)c(Br)c1. The van der Waals surface area contributed by atoms with E-state index in [-0.39, 0.29) is 11.3 Å². The van der Waals surface area contributed by atoms with Crippen molar-refractivity contribution in [3.05, 3.63) is 67.4 Å². The van der Waals surface area contributed by atoms with E-state index >= 15 is 0 Å². The minimum atomic E-state index is -0.767. The van der Waals surface area contributed by atoms with Gasteiger partial charge in [0.25, 0.3) is 11.6 Å². The third-order valence-corrected chi connectivity index (χ3v) is 3.80. The average Bonchev–Trinajstić information content (AvgIpc) is 2.43. The predicted molar refractivity (Wildman–Crippen MR) is 80.2 cm³/mol. The molecule has 2 aromatic rings. The van der Waals surface area contributed by atoms with Gasteiger partial charge in [0.05, 0.1) is 16.0 Å². The molecule has 0 aromatic heterocycles. The molecule has 8 heteroatoms. The van der Waals surface area contributed by atoms with Gasteiger partial charge in [0, 0.05) is 10.0 Å². The van der Waals surface area contributed by atoms with Crippen LogP contribution in [-0.4, -0.2) is 10.8 Å². The van der Waals surface area contributed by atoms with E-state index in [4.69, 9.17) is 11.6 Å². The number of nitro benzene ring substituents is 1. The highest BCUT2D eigenvalue weighted by atomic mass is 79.9. The Kier molecular flexibility index (Phi) is 4.54. The number of nitrogens with zero attached hydrogens (tertiary/aromatic N) is 1. The summed E-state index contributed by atoms with van der Waals surface area (Å²) in [6, 6.07) is 7.37. The lowest BCUT2D eigenvalue weighted by molar-refractivity contribution is -0.384. The van der Waals surface area contributed by atoms with Gasteiger partial charge in [-0.1, -0.05) is 11.6 Å². The predicted octanol–water partition coefficient (Wildman–Crippen LogP) is 4.40. The van der Waals surface area contributed by atoms with Crippen LogP contribution in [0.15, 0.2) is 40.9 Å². The molecule has 0 spiro atoms. The van der Waals surface area contributed by atoms with E-state index in [2.05, 4.69) is 21.2 Å². The topological polar surface area (TPSA) is 72.2 Å². The number of amides is 1. The Balaban J connectivity index is 2.31. The third-order valence-electron chi connectivity index (χ3n) is 2.59. The van der Waals surface area contributed by atoms with Crippen LogP contribution < -0.4 is 5.32 Å². The molecule has 2 rings (SSSR count). The first-order chi connectivity index (χ1) is 9.88. The molecule has 1 amide bonds. The number of hydrogen-bond acceptors (Lipinski definition) is 3. The molecule has 0 unspecified atom stereocenters. The van der Waals surface area contributed by atoms with Gasteiger partial charge in [-0.3, -0.25) is 14.9 Å². The van der Waals surface area contributed by atoms with Crippen LogP contribution in [0.3, 0.4) is 0 Å². The van der Waals surface area contributed by atoms with Gasteiger partial charge in [0.1, 0.15) is 11.5 Å². The zero-order valence-corrected chi connectivity index (χ0v) is 12.6. The summed E-state index contributed by atoms with van der Waals surface area (Å²) < 4.78 is 13.5. The molecule has 0 saturated heterocycles. The number of hydrogen-bond donors (Lipinski definition) is 1. The Hall–Kier alpha value is -1.99. The van der Waals surface area contributed by atoms with Gasteiger partial charge in [-0.25, -0.2) is 4.39 Å². The van der Waals surface area contributed by atoms with E-state index in [0.29, 0.717) is 9.50 Å². The number of nitrogens with one attached hydrogen (secondary N) is 1. The summed E-state index contributed by atoms with van der Waals surface area (Å²) in [6.45, 7) is 0.